The Morgan fingerprint density at radius 2 is 1.96 bits per heavy atom. The van der Waals surface area contributed by atoms with Crippen molar-refractivity contribution in [2.75, 3.05) is 18.2 Å². The number of nitrogens with two attached hydrogens (primary N) is 2. The molecule has 0 unspecified atom stereocenters. The van der Waals surface area contributed by atoms with Gasteiger partial charge in [0.15, 0.2) is 0 Å². The van der Waals surface area contributed by atoms with Gasteiger partial charge >= 0.3 is 0 Å². The lowest BCUT2D eigenvalue weighted by Crippen LogP contribution is -2.33. The Hall–Kier alpha value is -2.09. The number of ketones is 1. The zero-order chi connectivity index (χ0) is 19.6. The number of aromatic nitrogens is 2. The fourth-order valence-electron chi connectivity index (χ4n) is 3.13. The van der Waals surface area contributed by atoms with E-state index in [1.807, 2.05) is 0 Å². The van der Waals surface area contributed by atoms with Gasteiger partial charge in [0, 0.05) is 18.3 Å². The summed E-state index contributed by atoms with van der Waals surface area (Å²) in [6, 6.07) is 3.63. The summed E-state index contributed by atoms with van der Waals surface area (Å²) >= 11 is 12.2. The Labute approximate surface area is 167 Å². The van der Waals surface area contributed by atoms with Gasteiger partial charge in [-0.05, 0) is 37.8 Å². The molecule has 0 saturated heterocycles. The van der Waals surface area contributed by atoms with E-state index >= 15 is 0 Å². The minimum atomic E-state index is -0.452. The average Bonchev–Trinajstić information content (AvgIpc) is 2.65. The first-order chi connectivity index (χ1) is 12.9. The van der Waals surface area contributed by atoms with Crippen molar-refractivity contribution in [1.82, 2.24) is 9.97 Å². The molecule has 1 aromatic heterocycles. The molecule has 27 heavy (non-hydrogen) atoms. The molecule has 1 saturated carbocycles. The summed E-state index contributed by atoms with van der Waals surface area (Å²) in [4.78, 5) is 21.4. The van der Waals surface area contributed by atoms with Gasteiger partial charge in [-0.1, -0.05) is 23.2 Å². The van der Waals surface area contributed by atoms with Crippen LogP contribution in [-0.2, 0) is 0 Å². The third kappa shape index (κ3) is 4.26. The number of carbonyl (C=O) groups is 1. The molecule has 1 aromatic carbocycles. The lowest BCUT2D eigenvalue weighted by atomic mass is 9.92. The van der Waals surface area contributed by atoms with E-state index in [9.17, 15) is 4.79 Å². The van der Waals surface area contributed by atoms with Gasteiger partial charge in [-0.3, -0.25) is 4.79 Å². The quantitative estimate of drug-likeness (QED) is 0.648. The highest BCUT2D eigenvalue weighted by molar-refractivity contribution is 6.44. The summed E-state index contributed by atoms with van der Waals surface area (Å²) in [6.45, 7) is 0. The number of hydrogen-bond donors (Lipinski definition) is 3. The largest absolute Gasteiger partial charge is 0.496 e. The van der Waals surface area contributed by atoms with Crippen molar-refractivity contribution in [2.24, 2.45) is 5.73 Å². The van der Waals surface area contributed by atoms with E-state index in [1.165, 1.54) is 13.3 Å². The van der Waals surface area contributed by atoms with E-state index in [0.29, 0.717) is 11.7 Å². The Balaban J connectivity index is 1.84. The lowest BCUT2D eigenvalue weighted by Gasteiger charge is -2.26. The van der Waals surface area contributed by atoms with Crippen molar-refractivity contribution >= 4 is 40.8 Å². The molecule has 1 aliphatic carbocycles. The highest BCUT2D eigenvalue weighted by Crippen LogP contribution is 2.35. The smallest absolute Gasteiger partial charge is 0.224 e. The van der Waals surface area contributed by atoms with Crippen LogP contribution in [0.1, 0.15) is 41.6 Å². The highest BCUT2D eigenvalue weighted by atomic mass is 35.5. The molecule has 9 heteroatoms. The molecule has 0 amide bonds. The van der Waals surface area contributed by atoms with Gasteiger partial charge in [0.25, 0.3) is 0 Å². The fourth-order valence-corrected chi connectivity index (χ4v) is 3.53. The van der Waals surface area contributed by atoms with Crippen LogP contribution in [0.4, 0.5) is 11.8 Å². The molecule has 0 aliphatic heterocycles. The number of benzene rings is 1. The maximum atomic E-state index is 12.9. The molecule has 7 nitrogen and oxygen atoms in total. The Morgan fingerprint density at radius 1 is 1.26 bits per heavy atom. The molecular weight excluding hydrogens is 389 g/mol. The van der Waals surface area contributed by atoms with Gasteiger partial charge in [-0.2, -0.15) is 4.98 Å². The second-order valence-corrected chi connectivity index (χ2v) is 7.30. The monoisotopic (exact) mass is 409 g/mol. The zero-order valence-corrected chi connectivity index (χ0v) is 16.3. The SMILES string of the molecule is COc1ccc(Cl)c(Cl)c1C(=O)c1cnc(NC2CCC(N)CC2)nc1N. The van der Waals surface area contributed by atoms with E-state index in [4.69, 9.17) is 39.4 Å². The second kappa shape index (κ2) is 8.29. The van der Waals surface area contributed by atoms with Crippen molar-refractivity contribution < 1.29 is 9.53 Å². The molecule has 0 spiro atoms. The maximum absolute atomic E-state index is 12.9. The standard InChI is InChI=1S/C18H21Cl2N5O2/c1-27-13-7-6-12(19)15(20)14(13)16(26)11-8-23-18(25-17(11)22)24-10-4-2-9(21)3-5-10/h6-10H,2-5,21H2,1H3,(H3,22,23,24,25). The molecule has 1 fully saturated rings. The summed E-state index contributed by atoms with van der Waals surface area (Å²) in [6.07, 6.45) is 5.19. The number of anilines is 2. The van der Waals surface area contributed by atoms with Crippen LogP contribution in [0.5, 0.6) is 5.75 Å². The van der Waals surface area contributed by atoms with Gasteiger partial charge in [-0.25, -0.2) is 4.98 Å². The number of carbonyl (C=O) groups excluding carboxylic acids is 1. The lowest BCUT2D eigenvalue weighted by molar-refractivity contribution is 0.103. The first-order valence-electron chi connectivity index (χ1n) is 8.62. The van der Waals surface area contributed by atoms with Gasteiger partial charge < -0.3 is 21.5 Å². The minimum absolute atomic E-state index is 0.0584. The van der Waals surface area contributed by atoms with Crippen LogP contribution in [0.3, 0.4) is 0 Å². The van der Waals surface area contributed by atoms with Crippen LogP contribution in [0.25, 0.3) is 0 Å². The summed E-state index contributed by atoms with van der Waals surface area (Å²) in [7, 11) is 1.44. The van der Waals surface area contributed by atoms with Crippen molar-refractivity contribution in [1.29, 1.82) is 0 Å². The van der Waals surface area contributed by atoms with Gasteiger partial charge in [0.2, 0.25) is 11.7 Å². The Morgan fingerprint density at radius 3 is 2.59 bits per heavy atom. The van der Waals surface area contributed by atoms with Crippen LogP contribution in [0, 0.1) is 0 Å². The normalized spacial score (nSPS) is 19.6. The molecule has 0 atom stereocenters. The van der Waals surface area contributed by atoms with Crippen LogP contribution < -0.4 is 21.5 Å². The average molecular weight is 410 g/mol. The highest BCUT2D eigenvalue weighted by Gasteiger charge is 2.24. The predicted molar refractivity (Wildman–Crippen MR) is 107 cm³/mol. The van der Waals surface area contributed by atoms with Crippen molar-refractivity contribution in [3.63, 3.8) is 0 Å². The third-order valence-electron chi connectivity index (χ3n) is 4.67. The number of ether oxygens (including phenoxy) is 1. The molecule has 3 rings (SSSR count). The topological polar surface area (TPSA) is 116 Å². The molecule has 144 valence electrons. The Kier molecular flexibility index (Phi) is 6.04. The molecule has 0 bridgehead atoms. The van der Waals surface area contributed by atoms with E-state index in [1.54, 1.807) is 12.1 Å². The summed E-state index contributed by atoms with van der Waals surface area (Å²) in [5.41, 5.74) is 12.2. The van der Waals surface area contributed by atoms with Gasteiger partial charge in [-0.15, -0.1) is 0 Å². The summed E-state index contributed by atoms with van der Waals surface area (Å²) in [5.74, 6) is 0.290. The minimum Gasteiger partial charge on any atom is -0.496 e. The molecule has 0 radical (unpaired) electrons. The van der Waals surface area contributed by atoms with Crippen molar-refractivity contribution in [2.45, 2.75) is 37.8 Å². The third-order valence-corrected chi connectivity index (χ3v) is 5.48. The summed E-state index contributed by atoms with van der Waals surface area (Å²) in [5, 5.41) is 3.59. The van der Waals surface area contributed by atoms with Gasteiger partial charge in [0.1, 0.15) is 11.6 Å². The number of rotatable bonds is 5. The second-order valence-electron chi connectivity index (χ2n) is 6.52. The van der Waals surface area contributed by atoms with Gasteiger partial charge in [0.05, 0.1) is 28.3 Å². The molecular formula is C18H21Cl2N5O2. The van der Waals surface area contributed by atoms with E-state index in [-0.39, 0.29) is 39.1 Å². The van der Waals surface area contributed by atoms with E-state index < -0.39 is 5.78 Å². The predicted octanol–water partition coefficient (Wildman–Crippen LogP) is 3.29. The number of nitrogens with one attached hydrogen (secondary N) is 1. The number of methoxy groups -OCH3 is 1. The van der Waals surface area contributed by atoms with Crippen LogP contribution in [0.2, 0.25) is 10.0 Å². The molecule has 1 heterocycles. The Bertz CT molecular complexity index is 854. The van der Waals surface area contributed by atoms with Crippen molar-refractivity contribution in [3.8, 4) is 5.75 Å². The number of nitrogens with zero attached hydrogens (tertiary/aromatic N) is 2. The van der Waals surface area contributed by atoms with Crippen LogP contribution >= 0.6 is 23.2 Å². The first-order valence-corrected chi connectivity index (χ1v) is 9.37. The zero-order valence-electron chi connectivity index (χ0n) is 14.8. The van der Waals surface area contributed by atoms with Crippen LogP contribution in [-0.4, -0.2) is 34.9 Å². The number of nitrogen functional groups attached to an aromatic ring is 1. The van der Waals surface area contributed by atoms with Crippen LogP contribution in [0.15, 0.2) is 18.3 Å². The van der Waals surface area contributed by atoms with Crippen molar-refractivity contribution in [3.05, 3.63) is 39.5 Å². The number of halogens is 2. The maximum Gasteiger partial charge on any atom is 0.224 e. The molecule has 2 aromatic rings. The molecule has 1 aliphatic rings. The number of hydrogen-bond acceptors (Lipinski definition) is 7. The van der Waals surface area contributed by atoms with E-state index in [2.05, 4.69) is 15.3 Å². The molecule has 5 N–H and O–H groups in total. The summed E-state index contributed by atoms with van der Waals surface area (Å²) < 4.78 is 5.23. The van der Waals surface area contributed by atoms with E-state index in [0.717, 1.165) is 25.7 Å². The first kappa shape index (κ1) is 19.7. The fraction of sp³-hybridized carbons (Fsp3) is 0.389.